The Hall–Kier alpha value is -3.09. The predicted molar refractivity (Wildman–Crippen MR) is 217 cm³/mol. The van der Waals surface area contributed by atoms with Crippen molar-refractivity contribution >= 4 is 30.3 Å². The molecule has 3 fully saturated rings. The van der Waals surface area contributed by atoms with E-state index in [1.165, 1.54) is 0 Å². The van der Waals surface area contributed by atoms with E-state index in [0.717, 1.165) is 45.7 Å². The molecular weight excluding hydrogens is 732 g/mol. The van der Waals surface area contributed by atoms with Gasteiger partial charge in [-0.05, 0) is 89.3 Å². The normalized spacial score (nSPS) is 28.3. The maximum Gasteiger partial charge on any atom is 0.258 e. The largest absolute Gasteiger partial charge is 0.494 e. The van der Waals surface area contributed by atoms with Crippen molar-refractivity contribution in [3.8, 4) is 5.75 Å². The minimum absolute atomic E-state index is 0.517. The number of methoxy groups -OCH3 is 2. The number of hydrogen-bond acceptors (Lipinski definition) is 8. The molecule has 294 valence electrons. The van der Waals surface area contributed by atoms with E-state index < -0.39 is 55.4 Å². The van der Waals surface area contributed by atoms with Gasteiger partial charge in [0.25, 0.3) is 8.32 Å². The third kappa shape index (κ3) is 7.44. The second kappa shape index (κ2) is 16.4. The first-order valence-corrected chi connectivity index (χ1v) is 22.0. The number of aliphatic hydroxyl groups is 1. The Kier molecular flexibility index (Phi) is 12.0. The second-order valence-electron chi connectivity index (χ2n) is 15.8. The van der Waals surface area contributed by atoms with Crippen molar-refractivity contribution in [2.45, 2.75) is 113 Å². The topological polar surface area (TPSA) is 95.8 Å². The highest BCUT2D eigenvalue weighted by atomic mass is 35.5. The summed E-state index contributed by atoms with van der Waals surface area (Å²) in [7, 11) is -0.0671. The first-order valence-electron chi connectivity index (χ1n) is 19.6. The molecule has 0 spiro atoms. The molecular formula is C45H55ClO8Si. The molecule has 55 heavy (non-hydrogen) atoms. The fraction of sp³-hybridized carbons (Fsp3) is 0.467. The van der Waals surface area contributed by atoms with Crippen LogP contribution in [0.5, 0.6) is 5.75 Å². The lowest BCUT2D eigenvalue weighted by Gasteiger charge is -2.60. The SMILES string of the molecule is CCOc1ccc(Cc2cc(C3OC(CCC(C)(C)[Si](O)(c4ccccc4)c4ccccc4)C4OC5(OC)CCCCC5(OC)OC4C3O)ccc2Cl)cc1. The molecule has 4 aromatic carbocycles. The smallest absolute Gasteiger partial charge is 0.258 e. The highest BCUT2D eigenvalue weighted by Crippen LogP contribution is 2.53. The van der Waals surface area contributed by atoms with Crippen LogP contribution >= 0.6 is 11.6 Å². The van der Waals surface area contributed by atoms with E-state index in [9.17, 15) is 9.90 Å². The predicted octanol–water partition coefficient (Wildman–Crippen LogP) is 7.49. The Labute approximate surface area is 331 Å². The van der Waals surface area contributed by atoms with Crippen LogP contribution in [-0.4, -0.2) is 75.0 Å². The van der Waals surface area contributed by atoms with Gasteiger partial charge in [-0.1, -0.05) is 110 Å². The number of rotatable bonds is 13. The zero-order chi connectivity index (χ0) is 38.8. The molecule has 7 unspecified atom stereocenters. The van der Waals surface area contributed by atoms with E-state index in [1.54, 1.807) is 14.2 Å². The van der Waals surface area contributed by atoms with Crippen LogP contribution in [0.1, 0.15) is 82.1 Å². The highest BCUT2D eigenvalue weighted by Gasteiger charge is 2.66. The summed E-state index contributed by atoms with van der Waals surface area (Å²) in [5.74, 6) is -1.54. The van der Waals surface area contributed by atoms with Gasteiger partial charge in [-0.25, -0.2) is 0 Å². The van der Waals surface area contributed by atoms with E-state index in [4.69, 9.17) is 40.0 Å². The van der Waals surface area contributed by atoms with Crippen LogP contribution < -0.4 is 15.1 Å². The maximum absolute atomic E-state index is 13.0. The van der Waals surface area contributed by atoms with Gasteiger partial charge in [0.1, 0.15) is 30.2 Å². The third-order valence-corrected chi connectivity index (χ3v) is 17.2. The fourth-order valence-electron chi connectivity index (χ4n) is 9.15. The highest BCUT2D eigenvalue weighted by molar-refractivity contribution is 6.98. The molecule has 7 atom stereocenters. The molecule has 10 heteroatoms. The van der Waals surface area contributed by atoms with Crippen LogP contribution in [0.15, 0.2) is 103 Å². The first-order chi connectivity index (χ1) is 26.5. The molecule has 3 aliphatic rings. The van der Waals surface area contributed by atoms with E-state index in [-0.39, 0.29) is 0 Å². The molecule has 2 aliphatic heterocycles. The summed E-state index contributed by atoms with van der Waals surface area (Å²) in [6.45, 7) is 6.88. The van der Waals surface area contributed by atoms with Crippen LogP contribution in [0.4, 0.5) is 0 Å². The number of benzene rings is 4. The molecule has 8 nitrogen and oxygen atoms in total. The second-order valence-corrected chi connectivity index (χ2v) is 20.2. The summed E-state index contributed by atoms with van der Waals surface area (Å²) < 4.78 is 39.0. The lowest BCUT2D eigenvalue weighted by molar-refractivity contribution is -0.491. The molecule has 0 bridgehead atoms. The summed E-state index contributed by atoms with van der Waals surface area (Å²) >= 11 is 6.81. The monoisotopic (exact) mass is 786 g/mol. The Morgan fingerprint density at radius 3 is 1.96 bits per heavy atom. The van der Waals surface area contributed by atoms with Gasteiger partial charge in [-0.15, -0.1) is 0 Å². The molecule has 0 aromatic heterocycles. The van der Waals surface area contributed by atoms with E-state index in [0.29, 0.717) is 43.7 Å². The van der Waals surface area contributed by atoms with Gasteiger partial charge in [-0.3, -0.25) is 0 Å². The van der Waals surface area contributed by atoms with Crippen molar-refractivity contribution in [3.05, 3.63) is 125 Å². The summed E-state index contributed by atoms with van der Waals surface area (Å²) in [6, 6.07) is 33.9. The lowest BCUT2D eigenvalue weighted by atomic mass is 9.81. The average Bonchev–Trinajstić information content (AvgIpc) is 3.22. The third-order valence-electron chi connectivity index (χ3n) is 12.3. The van der Waals surface area contributed by atoms with Gasteiger partial charge < -0.3 is 38.3 Å². The number of halogens is 1. The molecule has 2 saturated heterocycles. The number of fused-ring (bicyclic) bond motifs is 2. The molecule has 2 heterocycles. The molecule has 2 N–H and O–H groups in total. The number of ether oxygens (including phenoxy) is 6. The van der Waals surface area contributed by atoms with Gasteiger partial charge in [0.15, 0.2) is 0 Å². The van der Waals surface area contributed by atoms with E-state index >= 15 is 0 Å². The minimum Gasteiger partial charge on any atom is -0.494 e. The van der Waals surface area contributed by atoms with Gasteiger partial charge in [-0.2, -0.15) is 0 Å². The van der Waals surface area contributed by atoms with Gasteiger partial charge >= 0.3 is 0 Å². The van der Waals surface area contributed by atoms with Crippen LogP contribution in [0.2, 0.25) is 10.1 Å². The van der Waals surface area contributed by atoms with Crippen molar-refractivity contribution < 1.29 is 38.3 Å². The number of hydrogen-bond donors (Lipinski definition) is 2. The molecule has 1 saturated carbocycles. The quantitative estimate of drug-likeness (QED) is 0.135. The Morgan fingerprint density at radius 2 is 1.40 bits per heavy atom. The minimum atomic E-state index is -3.32. The van der Waals surface area contributed by atoms with Crippen LogP contribution in [-0.2, 0) is 30.1 Å². The molecule has 0 radical (unpaired) electrons. The van der Waals surface area contributed by atoms with Crippen LogP contribution in [0, 0.1) is 0 Å². The standard InChI is InChI=1S/C45H55ClO8Si/c1-6-51-34-22-19-31(20-23-34)29-33-30-32(21-24-37(33)46)40-39(47)42-41(53-44(49-4)26-13-14-27-45(44,50-5)54-42)38(52-40)25-28-43(2,3)55(48,35-15-9-7-10-16-35)36-17-11-8-12-18-36/h7-12,15-24,30,38-42,47-48H,6,13-14,25-29H2,1-5H3. The Balaban J connectivity index is 1.23. The summed E-state index contributed by atoms with van der Waals surface area (Å²) in [4.78, 5) is 13.0. The molecule has 1 aliphatic carbocycles. The van der Waals surface area contributed by atoms with Crippen molar-refractivity contribution in [2.75, 3.05) is 20.8 Å². The first kappa shape index (κ1) is 40.1. The zero-order valence-corrected chi connectivity index (χ0v) is 34.3. The Morgan fingerprint density at radius 1 is 0.818 bits per heavy atom. The maximum atomic E-state index is 13.0. The van der Waals surface area contributed by atoms with Gasteiger partial charge in [0, 0.05) is 32.1 Å². The van der Waals surface area contributed by atoms with Crippen molar-refractivity contribution in [2.24, 2.45) is 0 Å². The molecule has 0 amide bonds. The zero-order valence-electron chi connectivity index (χ0n) is 32.6. The van der Waals surface area contributed by atoms with Crippen molar-refractivity contribution in [1.82, 2.24) is 0 Å². The molecule has 4 aromatic rings. The average molecular weight is 787 g/mol. The van der Waals surface area contributed by atoms with Crippen molar-refractivity contribution in [3.63, 3.8) is 0 Å². The molecule has 7 rings (SSSR count). The van der Waals surface area contributed by atoms with Crippen molar-refractivity contribution in [1.29, 1.82) is 0 Å². The Bertz CT molecular complexity index is 1840. The summed E-state index contributed by atoms with van der Waals surface area (Å²) in [6.07, 6.45) is 0.849. The van der Waals surface area contributed by atoms with Crippen LogP contribution in [0.25, 0.3) is 0 Å². The number of aliphatic hydroxyl groups excluding tert-OH is 1. The summed E-state index contributed by atoms with van der Waals surface area (Å²) in [5, 5.41) is 14.3. The van der Waals surface area contributed by atoms with Gasteiger partial charge in [0.05, 0.1) is 12.7 Å². The summed E-state index contributed by atoms with van der Waals surface area (Å²) in [5.41, 5.74) is 2.79. The lowest BCUT2D eigenvalue weighted by Crippen LogP contribution is -2.74. The fourth-order valence-corrected chi connectivity index (χ4v) is 13.1. The van der Waals surface area contributed by atoms with Crippen LogP contribution in [0.3, 0.4) is 0 Å². The van der Waals surface area contributed by atoms with E-state index in [1.807, 2.05) is 110 Å². The van der Waals surface area contributed by atoms with Gasteiger partial charge in [0.2, 0.25) is 11.6 Å². The van der Waals surface area contributed by atoms with E-state index in [2.05, 4.69) is 13.8 Å².